The summed E-state index contributed by atoms with van der Waals surface area (Å²) in [5.74, 6) is 0. The Morgan fingerprint density at radius 2 is 1.50 bits per heavy atom. The summed E-state index contributed by atoms with van der Waals surface area (Å²) < 4.78 is 32.6. The number of hydrogen-bond donors (Lipinski definition) is 2. The van der Waals surface area contributed by atoms with Crippen molar-refractivity contribution in [1.29, 1.82) is 0 Å². The molecule has 0 spiro atoms. The van der Waals surface area contributed by atoms with Gasteiger partial charge < -0.3 is 4.98 Å². The van der Waals surface area contributed by atoms with Gasteiger partial charge >= 0.3 is 0 Å². The van der Waals surface area contributed by atoms with Crippen molar-refractivity contribution in [3.05, 3.63) is 66.4 Å². The molecule has 0 saturated carbocycles. The van der Waals surface area contributed by atoms with E-state index in [1.165, 1.54) is 6.07 Å². The van der Waals surface area contributed by atoms with E-state index in [0.717, 1.165) is 22.3 Å². The van der Waals surface area contributed by atoms with Crippen LogP contribution in [0.15, 0.2) is 75.8 Å². The highest BCUT2D eigenvalue weighted by molar-refractivity contribution is 7.86. The van der Waals surface area contributed by atoms with E-state index in [0.29, 0.717) is 16.5 Å². The summed E-state index contributed by atoms with van der Waals surface area (Å²) in [6.07, 6.45) is 0. The molecule has 0 saturated heterocycles. The third-order valence-corrected chi connectivity index (χ3v) is 5.17. The lowest BCUT2D eigenvalue weighted by Gasteiger charge is -2.05. The van der Waals surface area contributed by atoms with E-state index in [9.17, 15) is 13.0 Å². The number of nitrogens with zero attached hydrogens (tertiary/aromatic N) is 2. The van der Waals surface area contributed by atoms with Crippen molar-refractivity contribution in [3.8, 4) is 0 Å². The molecule has 2 N–H and O–H groups in total. The van der Waals surface area contributed by atoms with Crippen molar-refractivity contribution in [2.45, 2.75) is 11.8 Å². The predicted molar refractivity (Wildman–Crippen MR) is 101 cm³/mol. The minimum absolute atomic E-state index is 0.143. The van der Waals surface area contributed by atoms with Gasteiger partial charge in [-0.3, -0.25) is 4.55 Å². The highest BCUT2D eigenvalue weighted by Gasteiger charge is 2.15. The molecule has 0 aliphatic heterocycles. The topological polar surface area (TPSA) is 94.9 Å². The standard InChI is InChI=1S/C19H15N3O3S/c1-12-19(15-8-4-5-9-16(15)20-12)22-21-17-10-11-18(26(23,24)25)14-7-3-2-6-13(14)17/h2-11,20H,1H3,(H,23,24,25). The van der Waals surface area contributed by atoms with Crippen molar-refractivity contribution in [3.63, 3.8) is 0 Å². The van der Waals surface area contributed by atoms with Crippen LogP contribution in [0.2, 0.25) is 0 Å². The Balaban J connectivity index is 1.88. The number of benzene rings is 3. The molecular formula is C19H15N3O3S. The molecule has 3 aromatic carbocycles. The summed E-state index contributed by atoms with van der Waals surface area (Å²) in [7, 11) is -4.32. The molecular weight excluding hydrogens is 350 g/mol. The lowest BCUT2D eigenvalue weighted by atomic mass is 10.1. The number of H-pyrrole nitrogens is 1. The first-order valence-electron chi connectivity index (χ1n) is 7.93. The van der Waals surface area contributed by atoms with Gasteiger partial charge in [0.2, 0.25) is 0 Å². The highest BCUT2D eigenvalue weighted by atomic mass is 32.2. The normalized spacial score (nSPS) is 12.4. The first kappa shape index (κ1) is 16.4. The van der Waals surface area contributed by atoms with Gasteiger partial charge in [-0.05, 0) is 25.1 Å². The number of hydrogen-bond acceptors (Lipinski definition) is 4. The Morgan fingerprint density at radius 1 is 0.846 bits per heavy atom. The van der Waals surface area contributed by atoms with E-state index < -0.39 is 10.1 Å². The molecule has 1 heterocycles. The van der Waals surface area contributed by atoms with Crippen LogP contribution in [0.25, 0.3) is 21.7 Å². The van der Waals surface area contributed by atoms with Crippen molar-refractivity contribution in [2.75, 3.05) is 0 Å². The van der Waals surface area contributed by atoms with Gasteiger partial charge in [0.25, 0.3) is 10.1 Å². The minimum Gasteiger partial charge on any atom is -0.357 e. The van der Waals surface area contributed by atoms with E-state index in [2.05, 4.69) is 15.2 Å². The van der Waals surface area contributed by atoms with Crippen molar-refractivity contribution >= 4 is 43.2 Å². The van der Waals surface area contributed by atoms with Crippen LogP contribution in [0.4, 0.5) is 11.4 Å². The maximum Gasteiger partial charge on any atom is 0.295 e. The number of rotatable bonds is 3. The average Bonchev–Trinajstić information content (AvgIpc) is 2.94. The lowest BCUT2D eigenvalue weighted by molar-refractivity contribution is 0.484. The number of aromatic nitrogens is 1. The maximum atomic E-state index is 11.6. The van der Waals surface area contributed by atoms with Crippen LogP contribution < -0.4 is 0 Å². The van der Waals surface area contributed by atoms with Gasteiger partial charge in [-0.1, -0.05) is 42.5 Å². The van der Waals surface area contributed by atoms with Gasteiger partial charge in [-0.25, -0.2) is 0 Å². The van der Waals surface area contributed by atoms with Crippen LogP contribution in [-0.2, 0) is 10.1 Å². The highest BCUT2D eigenvalue weighted by Crippen LogP contribution is 2.35. The number of aromatic amines is 1. The molecule has 0 fully saturated rings. The number of aryl methyl sites for hydroxylation is 1. The molecule has 4 aromatic rings. The fraction of sp³-hybridized carbons (Fsp3) is 0.0526. The maximum absolute atomic E-state index is 11.6. The van der Waals surface area contributed by atoms with Crippen LogP contribution in [0, 0.1) is 6.92 Å². The van der Waals surface area contributed by atoms with Gasteiger partial charge in [0, 0.05) is 27.4 Å². The molecule has 0 aliphatic rings. The molecule has 0 atom stereocenters. The summed E-state index contributed by atoms with van der Waals surface area (Å²) >= 11 is 0. The van der Waals surface area contributed by atoms with Gasteiger partial charge in [0.1, 0.15) is 10.6 Å². The van der Waals surface area contributed by atoms with Gasteiger partial charge in [0.15, 0.2) is 0 Å². The molecule has 0 radical (unpaired) electrons. The first-order chi connectivity index (χ1) is 12.4. The second-order valence-corrected chi connectivity index (χ2v) is 7.34. The molecule has 26 heavy (non-hydrogen) atoms. The van der Waals surface area contributed by atoms with Crippen LogP contribution in [-0.4, -0.2) is 18.0 Å². The fourth-order valence-electron chi connectivity index (χ4n) is 3.06. The van der Waals surface area contributed by atoms with E-state index in [1.807, 2.05) is 31.2 Å². The monoisotopic (exact) mass is 365 g/mol. The third kappa shape index (κ3) is 2.77. The van der Waals surface area contributed by atoms with E-state index in [1.54, 1.807) is 30.3 Å². The van der Waals surface area contributed by atoms with Crippen molar-refractivity contribution in [1.82, 2.24) is 4.98 Å². The smallest absolute Gasteiger partial charge is 0.295 e. The Hall–Kier alpha value is -3.03. The summed E-state index contributed by atoms with van der Waals surface area (Å²) in [4.78, 5) is 3.12. The summed E-state index contributed by atoms with van der Waals surface area (Å²) in [6, 6.07) is 17.6. The molecule has 0 bridgehead atoms. The summed E-state index contributed by atoms with van der Waals surface area (Å²) in [5, 5.41) is 10.7. The minimum atomic E-state index is -4.32. The van der Waals surface area contributed by atoms with E-state index in [-0.39, 0.29) is 4.90 Å². The molecule has 130 valence electrons. The molecule has 0 unspecified atom stereocenters. The number of azo groups is 1. The zero-order chi connectivity index (χ0) is 18.3. The average molecular weight is 365 g/mol. The number of fused-ring (bicyclic) bond motifs is 2. The summed E-state index contributed by atoms with van der Waals surface area (Å²) in [5.41, 5.74) is 3.14. The third-order valence-electron chi connectivity index (χ3n) is 4.26. The molecule has 0 aliphatic carbocycles. The largest absolute Gasteiger partial charge is 0.357 e. The zero-order valence-corrected chi connectivity index (χ0v) is 14.7. The molecule has 0 amide bonds. The molecule has 7 heteroatoms. The lowest BCUT2D eigenvalue weighted by Crippen LogP contribution is -1.98. The molecule has 1 aromatic heterocycles. The quantitative estimate of drug-likeness (QED) is 0.381. The fourth-order valence-corrected chi connectivity index (χ4v) is 3.76. The predicted octanol–water partition coefficient (Wildman–Crippen LogP) is 5.29. The number of para-hydroxylation sites is 1. The Morgan fingerprint density at radius 3 is 2.23 bits per heavy atom. The summed E-state index contributed by atoms with van der Waals surface area (Å²) in [6.45, 7) is 1.92. The second kappa shape index (κ2) is 6.05. The van der Waals surface area contributed by atoms with Gasteiger partial charge in [-0.15, -0.1) is 10.2 Å². The van der Waals surface area contributed by atoms with Crippen LogP contribution in [0.3, 0.4) is 0 Å². The van der Waals surface area contributed by atoms with Gasteiger partial charge in [-0.2, -0.15) is 8.42 Å². The zero-order valence-electron chi connectivity index (χ0n) is 13.8. The van der Waals surface area contributed by atoms with Crippen molar-refractivity contribution in [2.24, 2.45) is 10.2 Å². The van der Waals surface area contributed by atoms with Crippen molar-refractivity contribution < 1.29 is 13.0 Å². The number of nitrogens with one attached hydrogen (secondary N) is 1. The van der Waals surface area contributed by atoms with Gasteiger partial charge in [0.05, 0.1) is 5.69 Å². The van der Waals surface area contributed by atoms with Crippen LogP contribution >= 0.6 is 0 Å². The Labute approximate surface area is 150 Å². The first-order valence-corrected chi connectivity index (χ1v) is 9.37. The van der Waals surface area contributed by atoms with Crippen LogP contribution in [0.1, 0.15) is 5.69 Å². The Kier molecular flexibility index (Phi) is 3.82. The second-order valence-electron chi connectivity index (χ2n) is 5.95. The molecule has 6 nitrogen and oxygen atoms in total. The van der Waals surface area contributed by atoms with E-state index in [4.69, 9.17) is 0 Å². The Bertz CT molecular complexity index is 1270. The van der Waals surface area contributed by atoms with E-state index >= 15 is 0 Å². The van der Waals surface area contributed by atoms with Crippen LogP contribution in [0.5, 0.6) is 0 Å². The SMILES string of the molecule is Cc1[nH]c2ccccc2c1N=Nc1ccc(S(=O)(=O)O)c2ccccc12. The molecule has 4 rings (SSSR count).